The van der Waals surface area contributed by atoms with Crippen molar-refractivity contribution in [3.05, 3.63) is 0 Å². The molecule has 0 aliphatic carbocycles. The summed E-state index contributed by atoms with van der Waals surface area (Å²) in [5.74, 6) is 0.551. The lowest BCUT2D eigenvalue weighted by molar-refractivity contribution is -0.137. The van der Waals surface area contributed by atoms with Crippen LogP contribution in [-0.4, -0.2) is 29.9 Å². The van der Waals surface area contributed by atoms with Crippen LogP contribution < -0.4 is 5.73 Å². The number of amides is 1. The lowest BCUT2D eigenvalue weighted by Gasteiger charge is -2.33. The van der Waals surface area contributed by atoms with Crippen LogP contribution in [0.25, 0.3) is 0 Å². The number of nitrogens with two attached hydrogens (primary N) is 1. The first kappa shape index (κ1) is 12.5. The predicted octanol–water partition coefficient (Wildman–Crippen LogP) is 1.76. The summed E-state index contributed by atoms with van der Waals surface area (Å²) in [6.07, 6.45) is 5.19. The van der Waals surface area contributed by atoms with Gasteiger partial charge in [0.05, 0.1) is 0 Å². The first-order valence-corrected chi connectivity index (χ1v) is 6.23. The molecule has 1 amide bonds. The van der Waals surface area contributed by atoms with Gasteiger partial charge in [-0.15, -0.1) is 0 Å². The van der Waals surface area contributed by atoms with E-state index in [9.17, 15) is 4.79 Å². The highest BCUT2D eigenvalue weighted by Gasteiger charge is 2.25. The highest BCUT2D eigenvalue weighted by Crippen LogP contribution is 2.17. The molecule has 1 heterocycles. The Balaban J connectivity index is 2.49. The smallest absolute Gasteiger partial charge is 0.225 e. The highest BCUT2D eigenvalue weighted by atomic mass is 16.2. The third-order valence-electron chi connectivity index (χ3n) is 3.25. The maximum absolute atomic E-state index is 12.1. The normalized spacial score (nSPS) is 23.9. The third kappa shape index (κ3) is 3.49. The van der Waals surface area contributed by atoms with E-state index < -0.39 is 0 Å². The molecule has 0 aromatic carbocycles. The minimum absolute atomic E-state index is 0.196. The SMILES string of the molecule is CCCC(CC)C(=O)N1CCCC(N)C1. The summed E-state index contributed by atoms with van der Waals surface area (Å²) in [7, 11) is 0. The van der Waals surface area contributed by atoms with Gasteiger partial charge in [0.2, 0.25) is 5.91 Å². The van der Waals surface area contributed by atoms with Gasteiger partial charge in [-0.2, -0.15) is 0 Å². The van der Waals surface area contributed by atoms with Crippen molar-refractivity contribution < 1.29 is 4.79 Å². The van der Waals surface area contributed by atoms with E-state index in [0.29, 0.717) is 5.91 Å². The fourth-order valence-corrected chi connectivity index (χ4v) is 2.32. The molecule has 1 rings (SSSR count). The van der Waals surface area contributed by atoms with Crippen molar-refractivity contribution >= 4 is 5.91 Å². The standard InChI is InChI=1S/C12H24N2O/c1-3-6-10(4-2)12(15)14-8-5-7-11(13)9-14/h10-11H,3-9,13H2,1-2H3. The minimum atomic E-state index is 0.196. The van der Waals surface area contributed by atoms with Crippen LogP contribution in [0.15, 0.2) is 0 Å². The van der Waals surface area contributed by atoms with Crippen molar-refractivity contribution in [3.63, 3.8) is 0 Å². The van der Waals surface area contributed by atoms with Crippen LogP contribution in [0.2, 0.25) is 0 Å². The highest BCUT2D eigenvalue weighted by molar-refractivity contribution is 5.78. The molecule has 1 aliphatic rings. The van der Waals surface area contributed by atoms with Crippen LogP contribution in [0.5, 0.6) is 0 Å². The van der Waals surface area contributed by atoms with E-state index in [4.69, 9.17) is 5.73 Å². The van der Waals surface area contributed by atoms with E-state index in [0.717, 1.165) is 45.2 Å². The van der Waals surface area contributed by atoms with Gasteiger partial charge < -0.3 is 10.6 Å². The van der Waals surface area contributed by atoms with E-state index >= 15 is 0 Å². The van der Waals surface area contributed by atoms with Crippen LogP contribution >= 0.6 is 0 Å². The number of likely N-dealkylation sites (tertiary alicyclic amines) is 1. The van der Waals surface area contributed by atoms with Gasteiger partial charge in [0.1, 0.15) is 0 Å². The molecule has 2 unspecified atom stereocenters. The summed E-state index contributed by atoms with van der Waals surface area (Å²) in [6, 6.07) is 0.196. The number of carbonyl (C=O) groups is 1. The number of piperidine rings is 1. The molecule has 0 aromatic heterocycles. The summed E-state index contributed by atoms with van der Waals surface area (Å²) in [4.78, 5) is 14.1. The average Bonchev–Trinajstić information content (AvgIpc) is 2.25. The van der Waals surface area contributed by atoms with Gasteiger partial charge in [0.15, 0.2) is 0 Å². The van der Waals surface area contributed by atoms with Gasteiger partial charge in [0.25, 0.3) is 0 Å². The van der Waals surface area contributed by atoms with Gasteiger partial charge in [0, 0.05) is 25.0 Å². The first-order valence-electron chi connectivity index (χ1n) is 6.23. The van der Waals surface area contributed by atoms with E-state index in [1.807, 2.05) is 4.90 Å². The molecule has 0 spiro atoms. The molecule has 0 bridgehead atoms. The Bertz CT molecular complexity index is 206. The van der Waals surface area contributed by atoms with Crippen molar-refractivity contribution in [1.29, 1.82) is 0 Å². The predicted molar refractivity (Wildman–Crippen MR) is 62.5 cm³/mol. The molecule has 2 N–H and O–H groups in total. The summed E-state index contributed by atoms with van der Waals surface area (Å²) < 4.78 is 0. The Morgan fingerprint density at radius 2 is 2.27 bits per heavy atom. The summed E-state index contributed by atoms with van der Waals surface area (Å²) in [6.45, 7) is 5.91. The molecule has 3 heteroatoms. The lowest BCUT2D eigenvalue weighted by atomic mass is 9.97. The van der Waals surface area contributed by atoms with E-state index in [-0.39, 0.29) is 12.0 Å². The second-order valence-electron chi connectivity index (χ2n) is 4.58. The van der Waals surface area contributed by atoms with Gasteiger partial charge in [-0.25, -0.2) is 0 Å². The monoisotopic (exact) mass is 212 g/mol. The fourth-order valence-electron chi connectivity index (χ4n) is 2.32. The topological polar surface area (TPSA) is 46.3 Å². The van der Waals surface area contributed by atoms with E-state index in [1.54, 1.807) is 0 Å². The van der Waals surface area contributed by atoms with Gasteiger partial charge in [-0.05, 0) is 25.7 Å². The quantitative estimate of drug-likeness (QED) is 0.772. The Morgan fingerprint density at radius 1 is 1.53 bits per heavy atom. The largest absolute Gasteiger partial charge is 0.341 e. The zero-order chi connectivity index (χ0) is 11.3. The van der Waals surface area contributed by atoms with Gasteiger partial charge >= 0.3 is 0 Å². The minimum Gasteiger partial charge on any atom is -0.341 e. The third-order valence-corrected chi connectivity index (χ3v) is 3.25. The van der Waals surface area contributed by atoms with Crippen LogP contribution in [0, 0.1) is 5.92 Å². The van der Waals surface area contributed by atoms with E-state index in [1.165, 1.54) is 0 Å². The number of nitrogens with zero attached hydrogens (tertiary/aromatic N) is 1. The fraction of sp³-hybridized carbons (Fsp3) is 0.917. The van der Waals surface area contributed by atoms with E-state index in [2.05, 4.69) is 13.8 Å². The van der Waals surface area contributed by atoms with Crippen molar-refractivity contribution in [2.24, 2.45) is 11.7 Å². The number of hydrogen-bond donors (Lipinski definition) is 1. The van der Waals surface area contributed by atoms with Crippen LogP contribution in [0.3, 0.4) is 0 Å². The molecule has 0 radical (unpaired) electrons. The zero-order valence-electron chi connectivity index (χ0n) is 10.0. The molecule has 2 atom stereocenters. The molecular formula is C12H24N2O. The number of rotatable bonds is 4. The molecule has 1 fully saturated rings. The van der Waals surface area contributed by atoms with Crippen LogP contribution in [0.4, 0.5) is 0 Å². The van der Waals surface area contributed by atoms with Crippen molar-refractivity contribution in [1.82, 2.24) is 4.90 Å². The Morgan fingerprint density at radius 3 is 2.80 bits per heavy atom. The van der Waals surface area contributed by atoms with Crippen LogP contribution in [0.1, 0.15) is 46.0 Å². The molecule has 0 aromatic rings. The number of hydrogen-bond acceptors (Lipinski definition) is 2. The second kappa shape index (κ2) is 6.11. The molecule has 1 saturated heterocycles. The number of carbonyl (C=O) groups excluding carboxylic acids is 1. The van der Waals surface area contributed by atoms with Gasteiger partial charge in [-0.1, -0.05) is 20.3 Å². The molecule has 15 heavy (non-hydrogen) atoms. The Labute approximate surface area is 93.0 Å². The molecule has 0 saturated carbocycles. The second-order valence-corrected chi connectivity index (χ2v) is 4.58. The van der Waals surface area contributed by atoms with Crippen molar-refractivity contribution in [3.8, 4) is 0 Å². The maximum atomic E-state index is 12.1. The zero-order valence-corrected chi connectivity index (χ0v) is 10.0. The Hall–Kier alpha value is -0.570. The average molecular weight is 212 g/mol. The molecular weight excluding hydrogens is 188 g/mol. The molecule has 3 nitrogen and oxygen atoms in total. The van der Waals surface area contributed by atoms with Crippen molar-refractivity contribution in [2.45, 2.75) is 52.0 Å². The summed E-state index contributed by atoms with van der Waals surface area (Å²) in [5.41, 5.74) is 5.88. The summed E-state index contributed by atoms with van der Waals surface area (Å²) in [5, 5.41) is 0. The lowest BCUT2D eigenvalue weighted by Crippen LogP contribution is -2.47. The van der Waals surface area contributed by atoms with Crippen LogP contribution in [-0.2, 0) is 4.79 Å². The van der Waals surface area contributed by atoms with Crippen molar-refractivity contribution in [2.75, 3.05) is 13.1 Å². The maximum Gasteiger partial charge on any atom is 0.225 e. The Kier molecular flexibility index (Phi) is 5.09. The summed E-state index contributed by atoms with van der Waals surface area (Å²) >= 11 is 0. The molecule has 88 valence electrons. The van der Waals surface area contributed by atoms with Gasteiger partial charge in [-0.3, -0.25) is 4.79 Å². The first-order chi connectivity index (χ1) is 7.19. The molecule has 1 aliphatic heterocycles.